The van der Waals surface area contributed by atoms with Gasteiger partial charge in [0, 0.05) is 13.0 Å². The van der Waals surface area contributed by atoms with Crippen LogP contribution in [-0.4, -0.2) is 47.8 Å². The van der Waals surface area contributed by atoms with E-state index in [2.05, 4.69) is 5.32 Å². The molecule has 138 valence electrons. The molecule has 0 unspecified atom stereocenters. The summed E-state index contributed by atoms with van der Waals surface area (Å²) in [7, 11) is 1.31. The fraction of sp³-hybridized carbons (Fsp3) is 0.474. The Bertz CT molecular complexity index is 717. The van der Waals surface area contributed by atoms with Crippen molar-refractivity contribution < 1.29 is 23.9 Å². The molecule has 1 heterocycles. The molecule has 0 atom stereocenters. The van der Waals surface area contributed by atoms with Crippen LogP contribution in [0.5, 0.6) is 0 Å². The van der Waals surface area contributed by atoms with Crippen molar-refractivity contribution >= 4 is 23.7 Å². The van der Waals surface area contributed by atoms with E-state index >= 15 is 0 Å². The number of carbonyl (C=O) groups excluding carboxylic acids is 4. The number of nitrogens with zero attached hydrogens (tertiary/aromatic N) is 1. The Morgan fingerprint density at radius 2 is 1.65 bits per heavy atom. The van der Waals surface area contributed by atoms with E-state index in [9.17, 15) is 19.2 Å². The van der Waals surface area contributed by atoms with Crippen LogP contribution in [0.25, 0.3) is 0 Å². The third-order valence-corrected chi connectivity index (χ3v) is 5.10. The molecule has 26 heavy (non-hydrogen) atoms. The van der Waals surface area contributed by atoms with E-state index in [1.807, 2.05) is 0 Å². The first-order valence-corrected chi connectivity index (χ1v) is 8.83. The lowest BCUT2D eigenvalue weighted by Gasteiger charge is -2.35. The molecule has 3 amide bonds. The van der Waals surface area contributed by atoms with Crippen molar-refractivity contribution in [3.8, 4) is 0 Å². The van der Waals surface area contributed by atoms with Crippen molar-refractivity contribution in [2.24, 2.45) is 0 Å². The second-order valence-electron chi connectivity index (χ2n) is 6.74. The van der Waals surface area contributed by atoms with Crippen LogP contribution in [0.2, 0.25) is 0 Å². The van der Waals surface area contributed by atoms with Crippen molar-refractivity contribution in [3.63, 3.8) is 0 Å². The highest BCUT2D eigenvalue weighted by Gasteiger charge is 2.42. The van der Waals surface area contributed by atoms with E-state index < -0.39 is 23.3 Å². The molecule has 3 rings (SSSR count). The number of fused-ring (bicyclic) bond motifs is 1. The predicted octanol–water partition coefficient (Wildman–Crippen LogP) is 1.66. The van der Waals surface area contributed by atoms with Crippen LogP contribution in [0.4, 0.5) is 0 Å². The second-order valence-corrected chi connectivity index (χ2v) is 6.74. The van der Waals surface area contributed by atoms with Crippen molar-refractivity contribution in [2.75, 3.05) is 13.7 Å². The fourth-order valence-corrected chi connectivity index (χ4v) is 3.72. The summed E-state index contributed by atoms with van der Waals surface area (Å²) >= 11 is 0. The van der Waals surface area contributed by atoms with Crippen LogP contribution < -0.4 is 5.32 Å². The Balaban J connectivity index is 1.63. The van der Waals surface area contributed by atoms with Crippen molar-refractivity contribution in [1.29, 1.82) is 0 Å². The van der Waals surface area contributed by atoms with Crippen molar-refractivity contribution in [3.05, 3.63) is 35.4 Å². The van der Waals surface area contributed by atoms with Gasteiger partial charge in [-0.05, 0) is 25.0 Å². The number of hydrogen-bond acceptors (Lipinski definition) is 5. The average molecular weight is 358 g/mol. The SMILES string of the molecule is COC(=O)C1(NC(=O)CCN2C(=O)c3ccccc3C2=O)CCCCC1. The van der Waals surface area contributed by atoms with Crippen LogP contribution >= 0.6 is 0 Å². The number of benzene rings is 1. The van der Waals surface area contributed by atoms with Crippen LogP contribution in [0, 0.1) is 0 Å². The number of methoxy groups -OCH3 is 1. The first-order valence-electron chi connectivity index (χ1n) is 8.83. The quantitative estimate of drug-likeness (QED) is 0.638. The Morgan fingerprint density at radius 3 is 2.19 bits per heavy atom. The largest absolute Gasteiger partial charge is 0.467 e. The van der Waals surface area contributed by atoms with Gasteiger partial charge in [0.1, 0.15) is 5.54 Å². The molecule has 0 radical (unpaired) electrons. The topological polar surface area (TPSA) is 92.8 Å². The third kappa shape index (κ3) is 3.21. The van der Waals surface area contributed by atoms with Crippen molar-refractivity contribution in [1.82, 2.24) is 10.2 Å². The molecular weight excluding hydrogens is 336 g/mol. The van der Waals surface area contributed by atoms with E-state index in [4.69, 9.17) is 4.74 Å². The number of hydrogen-bond donors (Lipinski definition) is 1. The van der Waals surface area contributed by atoms with Gasteiger partial charge < -0.3 is 10.1 Å². The average Bonchev–Trinajstić information content (AvgIpc) is 2.91. The van der Waals surface area contributed by atoms with Gasteiger partial charge in [-0.3, -0.25) is 19.3 Å². The zero-order chi connectivity index (χ0) is 18.7. The van der Waals surface area contributed by atoms with Crippen LogP contribution in [0.3, 0.4) is 0 Å². The standard InChI is InChI=1S/C19H22N2O5/c1-26-18(25)19(10-5-2-6-11-19)20-15(22)9-12-21-16(23)13-7-3-4-8-14(13)17(21)24/h3-4,7-8H,2,5-6,9-12H2,1H3,(H,20,22). The normalized spacial score (nSPS) is 18.4. The van der Waals surface area contributed by atoms with E-state index in [1.165, 1.54) is 7.11 Å². The summed E-state index contributed by atoms with van der Waals surface area (Å²) < 4.78 is 4.88. The van der Waals surface area contributed by atoms with Gasteiger partial charge in [0.25, 0.3) is 11.8 Å². The number of esters is 1. The van der Waals surface area contributed by atoms with Gasteiger partial charge >= 0.3 is 5.97 Å². The molecule has 1 aliphatic heterocycles. The van der Waals surface area contributed by atoms with Gasteiger partial charge in [-0.2, -0.15) is 0 Å². The molecule has 0 aromatic heterocycles. The van der Waals surface area contributed by atoms with Gasteiger partial charge in [0.2, 0.25) is 5.91 Å². The van der Waals surface area contributed by atoms with Crippen LogP contribution in [0.15, 0.2) is 24.3 Å². The third-order valence-electron chi connectivity index (χ3n) is 5.10. The molecule has 1 N–H and O–H groups in total. The summed E-state index contributed by atoms with van der Waals surface area (Å²) in [5.74, 6) is -1.59. The molecule has 1 aliphatic carbocycles. The minimum Gasteiger partial charge on any atom is -0.467 e. The summed E-state index contributed by atoms with van der Waals surface area (Å²) in [5, 5.41) is 2.80. The molecule has 0 bridgehead atoms. The minimum atomic E-state index is -0.994. The van der Waals surface area contributed by atoms with E-state index in [1.54, 1.807) is 24.3 Å². The molecule has 0 saturated heterocycles. The maximum absolute atomic E-state index is 12.4. The van der Waals surface area contributed by atoms with Crippen LogP contribution in [-0.2, 0) is 14.3 Å². The number of amides is 3. The predicted molar refractivity (Wildman–Crippen MR) is 92.4 cm³/mol. The number of carbonyl (C=O) groups is 4. The van der Waals surface area contributed by atoms with E-state index in [0.717, 1.165) is 24.2 Å². The highest BCUT2D eigenvalue weighted by Crippen LogP contribution is 2.29. The number of imide groups is 1. The molecule has 7 nitrogen and oxygen atoms in total. The maximum Gasteiger partial charge on any atom is 0.331 e. The Hall–Kier alpha value is -2.70. The van der Waals surface area contributed by atoms with Gasteiger partial charge in [0.05, 0.1) is 18.2 Å². The Kier molecular flexibility index (Phi) is 5.06. The molecule has 2 aliphatic rings. The number of nitrogens with one attached hydrogen (secondary N) is 1. The van der Waals surface area contributed by atoms with Gasteiger partial charge in [0.15, 0.2) is 0 Å². The highest BCUT2D eigenvalue weighted by atomic mass is 16.5. The molecule has 1 fully saturated rings. The lowest BCUT2D eigenvalue weighted by molar-refractivity contribution is -0.152. The number of ether oxygens (including phenoxy) is 1. The van der Waals surface area contributed by atoms with Gasteiger partial charge in [-0.1, -0.05) is 31.4 Å². The van der Waals surface area contributed by atoms with Crippen LogP contribution in [0.1, 0.15) is 59.2 Å². The second kappa shape index (κ2) is 7.27. The summed E-state index contributed by atoms with van der Waals surface area (Å²) in [6.45, 7) is -0.0184. The smallest absolute Gasteiger partial charge is 0.331 e. The monoisotopic (exact) mass is 358 g/mol. The first-order chi connectivity index (χ1) is 12.5. The summed E-state index contributed by atoms with van der Waals surface area (Å²) in [6, 6.07) is 6.60. The zero-order valence-corrected chi connectivity index (χ0v) is 14.7. The highest BCUT2D eigenvalue weighted by molar-refractivity contribution is 6.21. The summed E-state index contributed by atoms with van der Waals surface area (Å²) in [6.07, 6.45) is 3.73. The Morgan fingerprint density at radius 1 is 1.08 bits per heavy atom. The molecule has 1 aromatic carbocycles. The molecular formula is C19H22N2O5. The van der Waals surface area contributed by atoms with Crippen molar-refractivity contribution in [2.45, 2.75) is 44.1 Å². The maximum atomic E-state index is 12.4. The lowest BCUT2D eigenvalue weighted by Crippen LogP contribution is -2.56. The van der Waals surface area contributed by atoms with Gasteiger partial charge in [-0.15, -0.1) is 0 Å². The lowest BCUT2D eigenvalue weighted by atomic mass is 9.81. The molecule has 1 aromatic rings. The number of rotatable bonds is 5. The van der Waals surface area contributed by atoms with E-state index in [0.29, 0.717) is 24.0 Å². The zero-order valence-electron chi connectivity index (χ0n) is 14.7. The fourth-order valence-electron chi connectivity index (χ4n) is 3.72. The molecule has 7 heteroatoms. The van der Waals surface area contributed by atoms with Gasteiger partial charge in [-0.25, -0.2) is 4.79 Å². The minimum absolute atomic E-state index is 0.0184. The van der Waals surface area contributed by atoms with E-state index in [-0.39, 0.29) is 18.9 Å². The summed E-state index contributed by atoms with van der Waals surface area (Å²) in [4.78, 5) is 50.3. The Labute approximate surface area is 151 Å². The summed E-state index contributed by atoms with van der Waals surface area (Å²) in [5.41, 5.74) is -0.279. The molecule has 1 saturated carbocycles. The molecule has 0 spiro atoms. The first kappa shape index (κ1) is 18.1.